The molecule has 4 nitrogen and oxygen atoms in total. The van der Waals surface area contributed by atoms with Gasteiger partial charge in [0.05, 0.1) is 51.0 Å². The van der Waals surface area contributed by atoms with Crippen LogP contribution in [0.5, 0.6) is 0 Å². The van der Waals surface area contributed by atoms with E-state index in [1.165, 1.54) is 0 Å². The summed E-state index contributed by atoms with van der Waals surface area (Å²) >= 11 is 0. The molecule has 0 atom stereocenters. The van der Waals surface area contributed by atoms with Crippen LogP contribution in [0.25, 0.3) is 122 Å². The Balaban J connectivity index is 1.15. The van der Waals surface area contributed by atoms with Gasteiger partial charge in [0.15, 0.2) is 0 Å². The second kappa shape index (κ2) is 17.5. The molecule has 13 aromatic rings. The number of aromatic nitrogens is 2. The molecular weight excluding hydrogens is 873 g/mol. The van der Waals surface area contributed by atoms with Crippen LogP contribution in [0, 0.1) is 22.7 Å². The SMILES string of the molecule is N#Cc1ccc(-c2cc(-n3c4ccc(-c5ccccc5)cc4c4cc(-c5ccccc5)ccc43)cc(-c3ccc(C#N)cc3)c2-n2c3ccc(-c4ccccc4)cc3c3cc(-c4ccccc4)ccc32)cc1. The van der Waals surface area contributed by atoms with Gasteiger partial charge in [-0.25, -0.2) is 0 Å². The number of fused-ring (bicyclic) bond motifs is 6. The predicted octanol–water partition coefficient (Wildman–Crippen LogP) is 17.6. The summed E-state index contributed by atoms with van der Waals surface area (Å²) < 4.78 is 4.84. The van der Waals surface area contributed by atoms with Gasteiger partial charge in [0.1, 0.15) is 0 Å². The molecule has 72 heavy (non-hydrogen) atoms. The number of hydrogen-bond donors (Lipinski definition) is 0. The smallest absolute Gasteiger partial charge is 0.0991 e. The molecule has 4 heteroatoms. The van der Waals surface area contributed by atoms with Crippen molar-refractivity contribution in [3.05, 3.63) is 266 Å². The first-order valence-corrected chi connectivity index (χ1v) is 24.2. The molecule has 0 saturated heterocycles. The molecule has 0 unspecified atom stereocenters. The predicted molar refractivity (Wildman–Crippen MR) is 297 cm³/mol. The van der Waals surface area contributed by atoms with E-state index < -0.39 is 0 Å². The van der Waals surface area contributed by atoms with Gasteiger partial charge in [-0.05, 0) is 141 Å². The molecule has 2 aromatic heterocycles. The third kappa shape index (κ3) is 7.23. The molecule has 0 radical (unpaired) electrons. The minimum atomic E-state index is 0.591. The van der Waals surface area contributed by atoms with Crippen LogP contribution < -0.4 is 0 Å². The lowest BCUT2D eigenvalue weighted by Crippen LogP contribution is -2.04. The highest BCUT2D eigenvalue weighted by molar-refractivity contribution is 6.14. The topological polar surface area (TPSA) is 57.4 Å². The van der Waals surface area contributed by atoms with Crippen molar-refractivity contribution in [2.24, 2.45) is 0 Å². The quantitative estimate of drug-likeness (QED) is 0.152. The van der Waals surface area contributed by atoms with Crippen LogP contribution in [0.15, 0.2) is 255 Å². The van der Waals surface area contributed by atoms with Gasteiger partial charge in [-0.1, -0.05) is 170 Å². The second-order valence-electron chi connectivity index (χ2n) is 18.3. The van der Waals surface area contributed by atoms with E-state index in [-0.39, 0.29) is 0 Å². The first-order chi connectivity index (χ1) is 35.6. The van der Waals surface area contributed by atoms with Gasteiger partial charge in [-0.15, -0.1) is 0 Å². The average Bonchev–Trinajstić information content (AvgIpc) is 3.97. The summed E-state index contributed by atoms with van der Waals surface area (Å²) in [5, 5.41) is 24.7. The standard InChI is InChI=1S/C68H42N4/c69-43-45-21-25-51(26-22-45)58-41-57(71-64-33-29-53(47-13-5-1-6-14-47)37-60(64)61-38-54(30-34-65(61)71)48-15-7-2-8-16-48)42-59(52-27-23-46(44-70)24-28-52)68(58)72-66-35-31-55(49-17-9-3-10-18-49)39-62(66)63-40-56(32-36-67(63)72)50-19-11-4-12-20-50/h1-42H. The van der Waals surface area contributed by atoms with Gasteiger partial charge in [0.25, 0.3) is 0 Å². The Morgan fingerprint density at radius 3 is 0.819 bits per heavy atom. The lowest BCUT2D eigenvalue weighted by Gasteiger charge is -2.22. The summed E-state index contributed by atoms with van der Waals surface area (Å²) in [6.45, 7) is 0. The molecule has 2 heterocycles. The summed E-state index contributed by atoms with van der Waals surface area (Å²) in [5.74, 6) is 0. The highest BCUT2D eigenvalue weighted by atomic mass is 15.0. The Bertz CT molecular complexity index is 4020. The van der Waals surface area contributed by atoms with Crippen LogP contribution in [0.1, 0.15) is 11.1 Å². The average molecular weight is 915 g/mol. The van der Waals surface area contributed by atoms with Gasteiger partial charge in [-0.3, -0.25) is 0 Å². The highest BCUT2D eigenvalue weighted by Crippen LogP contribution is 2.46. The first-order valence-electron chi connectivity index (χ1n) is 24.2. The van der Waals surface area contributed by atoms with E-state index in [1.54, 1.807) is 0 Å². The van der Waals surface area contributed by atoms with E-state index in [0.29, 0.717) is 11.1 Å². The van der Waals surface area contributed by atoms with E-state index >= 15 is 0 Å². The molecule has 0 aliphatic carbocycles. The van der Waals surface area contributed by atoms with Gasteiger partial charge in [0.2, 0.25) is 0 Å². The number of hydrogen-bond acceptors (Lipinski definition) is 2. The molecule has 0 N–H and O–H groups in total. The van der Waals surface area contributed by atoms with Crippen molar-refractivity contribution < 1.29 is 0 Å². The fourth-order valence-electron chi connectivity index (χ4n) is 10.7. The third-order valence-corrected chi connectivity index (χ3v) is 14.2. The molecule has 11 aromatic carbocycles. The van der Waals surface area contributed by atoms with E-state index in [0.717, 1.165) is 122 Å². The summed E-state index contributed by atoms with van der Waals surface area (Å²) in [4.78, 5) is 0. The number of rotatable bonds is 8. The van der Waals surface area contributed by atoms with Crippen LogP contribution in [-0.2, 0) is 0 Å². The molecule has 0 bridgehead atoms. The minimum Gasteiger partial charge on any atom is -0.309 e. The molecule has 0 fully saturated rings. The zero-order valence-corrected chi connectivity index (χ0v) is 39.0. The fraction of sp³-hybridized carbons (Fsp3) is 0. The summed E-state index contributed by atoms with van der Waals surface area (Å²) in [5.41, 5.74) is 20.6. The van der Waals surface area contributed by atoms with Crippen molar-refractivity contribution in [3.8, 4) is 90.3 Å². The van der Waals surface area contributed by atoms with Crippen molar-refractivity contribution in [1.29, 1.82) is 10.5 Å². The van der Waals surface area contributed by atoms with Gasteiger partial charge >= 0.3 is 0 Å². The van der Waals surface area contributed by atoms with E-state index in [4.69, 9.17) is 0 Å². The minimum absolute atomic E-state index is 0.591. The van der Waals surface area contributed by atoms with Crippen LogP contribution in [0.2, 0.25) is 0 Å². The Kier molecular flexibility index (Phi) is 10.2. The Morgan fingerprint density at radius 1 is 0.250 bits per heavy atom. The number of benzene rings is 11. The molecule has 13 rings (SSSR count). The third-order valence-electron chi connectivity index (χ3n) is 14.2. The van der Waals surface area contributed by atoms with Crippen LogP contribution in [0.3, 0.4) is 0 Å². The normalized spacial score (nSPS) is 11.3. The summed E-state index contributed by atoms with van der Waals surface area (Å²) in [6.07, 6.45) is 0. The van der Waals surface area contributed by atoms with Crippen molar-refractivity contribution in [2.45, 2.75) is 0 Å². The van der Waals surface area contributed by atoms with E-state index in [2.05, 4.69) is 252 Å². The zero-order valence-electron chi connectivity index (χ0n) is 39.0. The Morgan fingerprint density at radius 2 is 0.528 bits per heavy atom. The van der Waals surface area contributed by atoms with Crippen molar-refractivity contribution in [2.75, 3.05) is 0 Å². The molecule has 0 amide bonds. The number of nitriles is 2. The molecule has 0 saturated carbocycles. The molecule has 0 spiro atoms. The first kappa shape index (κ1) is 42.1. The maximum absolute atomic E-state index is 10.1. The monoisotopic (exact) mass is 914 g/mol. The second-order valence-corrected chi connectivity index (χ2v) is 18.3. The van der Waals surface area contributed by atoms with E-state index in [9.17, 15) is 10.5 Å². The zero-order chi connectivity index (χ0) is 48.1. The highest BCUT2D eigenvalue weighted by Gasteiger charge is 2.24. The van der Waals surface area contributed by atoms with Crippen molar-refractivity contribution >= 4 is 43.6 Å². The van der Waals surface area contributed by atoms with Crippen LogP contribution >= 0.6 is 0 Å². The van der Waals surface area contributed by atoms with Crippen molar-refractivity contribution in [1.82, 2.24) is 9.13 Å². The van der Waals surface area contributed by atoms with Gasteiger partial charge < -0.3 is 9.13 Å². The maximum Gasteiger partial charge on any atom is 0.0991 e. The summed E-state index contributed by atoms with van der Waals surface area (Å²) in [6, 6.07) is 94.9. The molecule has 0 aliphatic heterocycles. The molecule has 0 aliphatic rings. The van der Waals surface area contributed by atoms with Crippen molar-refractivity contribution in [3.63, 3.8) is 0 Å². The van der Waals surface area contributed by atoms with E-state index in [1.807, 2.05) is 24.3 Å². The molecule has 334 valence electrons. The van der Waals surface area contributed by atoms with Crippen LogP contribution in [-0.4, -0.2) is 9.13 Å². The maximum atomic E-state index is 10.1. The Labute approximate surface area is 417 Å². The van der Waals surface area contributed by atoms with Gasteiger partial charge in [-0.2, -0.15) is 10.5 Å². The largest absolute Gasteiger partial charge is 0.309 e. The lowest BCUT2D eigenvalue weighted by atomic mass is 9.93. The lowest BCUT2D eigenvalue weighted by molar-refractivity contribution is 1.15. The molecular formula is C68H42N4. The number of nitrogens with zero attached hydrogens (tertiary/aromatic N) is 4. The van der Waals surface area contributed by atoms with Crippen LogP contribution in [0.4, 0.5) is 0 Å². The van der Waals surface area contributed by atoms with Gasteiger partial charge in [0, 0.05) is 38.4 Å². The fourth-order valence-corrected chi connectivity index (χ4v) is 10.7. The Hall–Kier alpha value is -10.0. The summed E-state index contributed by atoms with van der Waals surface area (Å²) in [7, 11) is 0.